The van der Waals surface area contributed by atoms with Crippen molar-refractivity contribution in [1.82, 2.24) is 9.80 Å². The van der Waals surface area contributed by atoms with Crippen LogP contribution in [0.1, 0.15) is 58.9 Å². The molecule has 37 heavy (non-hydrogen) atoms. The number of halogens is 1. The number of rotatable bonds is 6. The average molecular weight is 504 g/mol. The van der Waals surface area contributed by atoms with Crippen LogP contribution in [0.15, 0.2) is 35.4 Å². The Hall–Kier alpha value is -3.48. The minimum absolute atomic E-state index is 0.109. The van der Waals surface area contributed by atoms with Crippen molar-refractivity contribution < 1.29 is 9.18 Å². The molecular formula is C28H34FN7O. The van der Waals surface area contributed by atoms with E-state index in [-0.39, 0.29) is 17.4 Å². The molecule has 0 aromatic heterocycles. The highest BCUT2D eigenvalue weighted by molar-refractivity contribution is 5.85. The molecule has 0 radical (unpaired) electrons. The molecule has 0 saturated carbocycles. The number of carbonyl (C=O) groups excluding carboxylic acids is 1. The largest absolute Gasteiger partial charge is 0.340 e. The first kappa shape index (κ1) is 25.2. The second kappa shape index (κ2) is 10.9. The first-order chi connectivity index (χ1) is 18.0. The molecule has 0 bridgehead atoms. The molecule has 1 saturated heterocycles. The highest BCUT2D eigenvalue weighted by atomic mass is 19.1. The Kier molecular flexibility index (Phi) is 7.40. The normalized spacial score (nSPS) is 21.5. The molecular weight excluding hydrogens is 469 g/mol. The Labute approximate surface area is 217 Å². The highest BCUT2D eigenvalue weighted by Gasteiger charge is 2.33. The van der Waals surface area contributed by atoms with Crippen molar-refractivity contribution in [3.8, 4) is 6.07 Å². The van der Waals surface area contributed by atoms with Crippen molar-refractivity contribution in [2.45, 2.75) is 43.9 Å². The van der Waals surface area contributed by atoms with Gasteiger partial charge in [-0.15, -0.1) is 0 Å². The fourth-order valence-corrected chi connectivity index (χ4v) is 6.23. The summed E-state index contributed by atoms with van der Waals surface area (Å²) in [6.45, 7) is 4.38. The van der Waals surface area contributed by atoms with E-state index < -0.39 is 5.82 Å². The lowest BCUT2D eigenvalue weighted by Gasteiger charge is -2.38. The van der Waals surface area contributed by atoms with Gasteiger partial charge in [0.15, 0.2) is 0 Å². The fourth-order valence-electron chi connectivity index (χ4n) is 6.23. The van der Waals surface area contributed by atoms with Gasteiger partial charge < -0.3 is 15.8 Å². The Morgan fingerprint density at radius 2 is 1.95 bits per heavy atom. The van der Waals surface area contributed by atoms with Crippen LogP contribution in [0, 0.1) is 17.1 Å². The van der Waals surface area contributed by atoms with Gasteiger partial charge in [0.25, 0.3) is 0 Å². The SMILES string of the molecule is N#Cc1c(F)ccc2c1CCC2CN1CCN(C(=O)C2CCCc3cc(N(N)CC=NN)ccc32)CC1. The van der Waals surface area contributed by atoms with Crippen LogP contribution >= 0.6 is 0 Å². The molecule has 9 heteroatoms. The summed E-state index contributed by atoms with van der Waals surface area (Å²) in [5.41, 5.74) is 5.39. The van der Waals surface area contributed by atoms with Gasteiger partial charge in [-0.25, -0.2) is 10.2 Å². The van der Waals surface area contributed by atoms with Gasteiger partial charge in [-0.2, -0.15) is 10.4 Å². The smallest absolute Gasteiger partial charge is 0.230 e. The maximum absolute atomic E-state index is 14.0. The third kappa shape index (κ3) is 5.04. The molecule has 8 nitrogen and oxygen atoms in total. The molecule has 1 heterocycles. The van der Waals surface area contributed by atoms with Crippen LogP contribution in [0.25, 0.3) is 0 Å². The number of benzene rings is 2. The molecule has 4 N–H and O–H groups in total. The lowest BCUT2D eigenvalue weighted by atomic mass is 9.81. The van der Waals surface area contributed by atoms with E-state index in [0.29, 0.717) is 25.6 Å². The van der Waals surface area contributed by atoms with Crippen molar-refractivity contribution in [2.75, 3.05) is 44.3 Å². The zero-order chi connectivity index (χ0) is 25.9. The topological polar surface area (TPSA) is 115 Å². The summed E-state index contributed by atoms with van der Waals surface area (Å²) in [5.74, 6) is 11.3. The Morgan fingerprint density at radius 3 is 2.70 bits per heavy atom. The van der Waals surface area contributed by atoms with Crippen LogP contribution in [0.2, 0.25) is 0 Å². The third-order valence-electron chi connectivity index (χ3n) is 8.21. The van der Waals surface area contributed by atoms with E-state index >= 15 is 0 Å². The zero-order valence-electron chi connectivity index (χ0n) is 21.1. The summed E-state index contributed by atoms with van der Waals surface area (Å²) in [7, 11) is 0. The Balaban J connectivity index is 1.20. The van der Waals surface area contributed by atoms with Crippen molar-refractivity contribution in [2.24, 2.45) is 16.8 Å². The molecule has 1 fully saturated rings. The van der Waals surface area contributed by atoms with E-state index in [1.807, 2.05) is 23.1 Å². The number of anilines is 1. The number of hydrogen-bond donors (Lipinski definition) is 2. The summed E-state index contributed by atoms with van der Waals surface area (Å²) in [6.07, 6.45) is 6.04. The highest BCUT2D eigenvalue weighted by Crippen LogP contribution is 2.37. The molecule has 1 aliphatic heterocycles. The van der Waals surface area contributed by atoms with Crippen LogP contribution < -0.4 is 16.7 Å². The van der Waals surface area contributed by atoms with Crippen molar-refractivity contribution >= 4 is 17.8 Å². The summed E-state index contributed by atoms with van der Waals surface area (Å²) in [4.78, 5) is 18.0. The van der Waals surface area contributed by atoms with Crippen molar-refractivity contribution in [1.29, 1.82) is 5.26 Å². The van der Waals surface area contributed by atoms with E-state index in [1.54, 1.807) is 11.2 Å². The van der Waals surface area contributed by atoms with E-state index in [0.717, 1.165) is 74.1 Å². The van der Waals surface area contributed by atoms with Crippen LogP contribution in [-0.2, 0) is 17.6 Å². The molecule has 2 aromatic rings. The quantitative estimate of drug-likeness (QED) is 0.356. The predicted octanol–water partition coefficient (Wildman–Crippen LogP) is 2.62. The van der Waals surface area contributed by atoms with Gasteiger partial charge in [0.1, 0.15) is 11.9 Å². The monoisotopic (exact) mass is 503 g/mol. The Morgan fingerprint density at radius 1 is 1.16 bits per heavy atom. The fraction of sp³-hybridized carbons (Fsp3) is 0.464. The predicted molar refractivity (Wildman–Crippen MR) is 142 cm³/mol. The number of fused-ring (bicyclic) bond motifs is 2. The molecule has 5 rings (SSSR count). The first-order valence-corrected chi connectivity index (χ1v) is 13.1. The van der Waals surface area contributed by atoms with Crippen LogP contribution in [-0.4, -0.2) is 61.2 Å². The summed E-state index contributed by atoms with van der Waals surface area (Å²) in [6, 6.07) is 11.4. The van der Waals surface area contributed by atoms with Crippen LogP contribution in [0.3, 0.4) is 0 Å². The Bertz CT molecular complexity index is 1230. The van der Waals surface area contributed by atoms with Crippen molar-refractivity contribution in [3.63, 3.8) is 0 Å². The van der Waals surface area contributed by atoms with E-state index in [1.165, 1.54) is 11.6 Å². The molecule has 2 aliphatic carbocycles. The zero-order valence-corrected chi connectivity index (χ0v) is 21.1. The number of carbonyl (C=O) groups is 1. The van der Waals surface area contributed by atoms with Gasteiger partial charge in [-0.3, -0.25) is 9.69 Å². The standard InChI is InChI=1S/C28H34FN7O/c29-27-9-8-23-20(4-6-24(23)26(27)17-30)18-34-12-14-35(15-13-34)28(37)25-3-1-2-19-16-21(5-7-22(19)25)36(32)11-10-33-31/h5,7-10,16,20,25H,1-4,6,11-15,18,31-32H2. The van der Waals surface area contributed by atoms with Gasteiger partial charge in [-0.1, -0.05) is 12.1 Å². The minimum atomic E-state index is -0.420. The van der Waals surface area contributed by atoms with Gasteiger partial charge >= 0.3 is 0 Å². The van der Waals surface area contributed by atoms with E-state index in [9.17, 15) is 14.4 Å². The summed E-state index contributed by atoms with van der Waals surface area (Å²) < 4.78 is 14.0. The van der Waals surface area contributed by atoms with E-state index in [2.05, 4.69) is 22.1 Å². The molecule has 194 valence electrons. The lowest BCUT2D eigenvalue weighted by molar-refractivity contribution is -0.135. The lowest BCUT2D eigenvalue weighted by Crippen LogP contribution is -2.50. The third-order valence-corrected chi connectivity index (χ3v) is 8.21. The molecule has 2 unspecified atom stereocenters. The van der Waals surface area contributed by atoms with Crippen molar-refractivity contribution in [3.05, 3.63) is 64.0 Å². The van der Waals surface area contributed by atoms with Gasteiger partial charge in [0.2, 0.25) is 5.91 Å². The molecule has 0 spiro atoms. The van der Waals surface area contributed by atoms with Gasteiger partial charge in [0, 0.05) is 38.9 Å². The number of hydrazine groups is 1. The minimum Gasteiger partial charge on any atom is -0.340 e. The number of nitrogens with two attached hydrogens (primary N) is 2. The molecule has 2 aromatic carbocycles. The van der Waals surface area contributed by atoms with Crippen LogP contribution in [0.4, 0.5) is 10.1 Å². The molecule has 2 atom stereocenters. The number of nitriles is 1. The van der Waals surface area contributed by atoms with E-state index in [4.69, 9.17) is 11.7 Å². The number of hydrogen-bond acceptors (Lipinski definition) is 7. The maximum Gasteiger partial charge on any atom is 0.230 e. The van der Waals surface area contributed by atoms with Gasteiger partial charge in [-0.05, 0) is 78.5 Å². The maximum atomic E-state index is 14.0. The van der Waals surface area contributed by atoms with Crippen LogP contribution in [0.5, 0.6) is 0 Å². The number of amides is 1. The second-order valence-electron chi connectivity index (χ2n) is 10.3. The number of nitrogens with zero attached hydrogens (tertiary/aromatic N) is 5. The molecule has 1 amide bonds. The van der Waals surface area contributed by atoms with Gasteiger partial charge in [0.05, 0.1) is 23.7 Å². The average Bonchev–Trinajstić information content (AvgIpc) is 3.33. The number of hydrazone groups is 1. The number of aryl methyl sites for hydroxylation is 1. The summed E-state index contributed by atoms with van der Waals surface area (Å²) in [5, 5.41) is 14.5. The second-order valence-corrected chi connectivity index (χ2v) is 10.3. The number of piperazine rings is 1. The first-order valence-electron chi connectivity index (χ1n) is 13.1. The summed E-state index contributed by atoms with van der Waals surface area (Å²) >= 11 is 0. The molecule has 3 aliphatic rings.